The van der Waals surface area contributed by atoms with Crippen LogP contribution >= 0.6 is 38.9 Å². The van der Waals surface area contributed by atoms with Crippen LogP contribution in [0.15, 0.2) is 40.2 Å². The molecule has 3 nitrogen and oxygen atoms in total. The van der Waals surface area contributed by atoms with Crippen LogP contribution in [0.25, 0.3) is 0 Å². The molecule has 2 aromatic rings. The highest BCUT2D eigenvalue weighted by Crippen LogP contribution is 2.25. The minimum Gasteiger partial charge on any atom is -0.338 e. The largest absolute Gasteiger partial charge is 0.338 e. The van der Waals surface area contributed by atoms with Gasteiger partial charge in [-0.2, -0.15) is 0 Å². The summed E-state index contributed by atoms with van der Waals surface area (Å²) in [6.07, 6.45) is 0.832. The van der Waals surface area contributed by atoms with E-state index in [0.717, 1.165) is 10.9 Å². The van der Waals surface area contributed by atoms with Crippen molar-refractivity contribution in [2.75, 3.05) is 11.9 Å². The van der Waals surface area contributed by atoms with Crippen molar-refractivity contribution in [2.24, 2.45) is 0 Å². The second-order valence-corrected chi connectivity index (χ2v) is 6.19. The molecule has 6 heteroatoms. The maximum absolute atomic E-state index is 11.7. The van der Waals surface area contributed by atoms with Crippen LogP contribution in [0.1, 0.15) is 4.88 Å². The maximum atomic E-state index is 11.7. The van der Waals surface area contributed by atoms with Crippen molar-refractivity contribution in [3.63, 3.8) is 0 Å². The van der Waals surface area contributed by atoms with Gasteiger partial charge in [-0.15, -0.1) is 11.3 Å². The molecular weight excluding hydrogens is 348 g/mol. The van der Waals surface area contributed by atoms with Gasteiger partial charge in [0, 0.05) is 15.9 Å². The molecule has 0 saturated carbocycles. The molecule has 0 bridgehead atoms. The highest BCUT2D eigenvalue weighted by atomic mass is 79.9. The first kappa shape index (κ1) is 14.4. The lowest BCUT2D eigenvalue weighted by Crippen LogP contribution is -2.30. The number of rotatable bonds is 4. The molecule has 0 aliphatic carbocycles. The van der Waals surface area contributed by atoms with Crippen LogP contribution in [0.2, 0.25) is 5.02 Å². The summed E-state index contributed by atoms with van der Waals surface area (Å²) in [5, 5.41) is 8.04. The van der Waals surface area contributed by atoms with Gasteiger partial charge in [0.1, 0.15) is 0 Å². The van der Waals surface area contributed by atoms with E-state index in [4.69, 9.17) is 11.6 Å². The van der Waals surface area contributed by atoms with Crippen molar-refractivity contribution in [1.82, 2.24) is 5.32 Å². The first-order chi connectivity index (χ1) is 9.15. The topological polar surface area (TPSA) is 41.1 Å². The summed E-state index contributed by atoms with van der Waals surface area (Å²) in [5.74, 6) is 0. The standard InChI is InChI=1S/C13H12BrClN2OS/c14-9-3-4-12(11(15)8-9)17-13(18)16-6-5-10-2-1-7-19-10/h1-4,7-8H,5-6H2,(H2,16,17,18). The average molecular weight is 360 g/mol. The van der Waals surface area contributed by atoms with Crippen LogP contribution in [-0.2, 0) is 6.42 Å². The molecule has 0 atom stereocenters. The zero-order valence-corrected chi connectivity index (χ0v) is 13.1. The Hall–Kier alpha value is -1.04. The SMILES string of the molecule is O=C(NCCc1cccs1)Nc1ccc(Br)cc1Cl. The Morgan fingerprint density at radius 2 is 2.21 bits per heavy atom. The number of hydrogen-bond donors (Lipinski definition) is 2. The van der Waals surface area contributed by atoms with Gasteiger partial charge >= 0.3 is 6.03 Å². The van der Waals surface area contributed by atoms with E-state index >= 15 is 0 Å². The Bertz CT molecular complexity index is 560. The van der Waals surface area contributed by atoms with Crippen LogP contribution in [-0.4, -0.2) is 12.6 Å². The lowest BCUT2D eigenvalue weighted by atomic mass is 10.3. The summed E-state index contributed by atoms with van der Waals surface area (Å²) in [7, 11) is 0. The number of thiophene rings is 1. The highest BCUT2D eigenvalue weighted by Gasteiger charge is 2.05. The molecule has 0 spiro atoms. The Kier molecular flexibility index (Phi) is 5.24. The number of hydrogen-bond acceptors (Lipinski definition) is 2. The number of nitrogens with one attached hydrogen (secondary N) is 2. The molecule has 100 valence electrons. The Balaban J connectivity index is 1.80. The van der Waals surface area contributed by atoms with Crippen molar-refractivity contribution in [1.29, 1.82) is 0 Å². The molecule has 1 aromatic heterocycles. The van der Waals surface area contributed by atoms with Crippen LogP contribution in [0.3, 0.4) is 0 Å². The normalized spacial score (nSPS) is 10.2. The molecule has 0 aliphatic heterocycles. The molecular formula is C13H12BrClN2OS. The smallest absolute Gasteiger partial charge is 0.319 e. The van der Waals surface area contributed by atoms with Gasteiger partial charge < -0.3 is 10.6 Å². The van der Waals surface area contributed by atoms with E-state index in [-0.39, 0.29) is 6.03 Å². The van der Waals surface area contributed by atoms with Gasteiger partial charge in [0.25, 0.3) is 0 Å². The number of benzene rings is 1. The monoisotopic (exact) mass is 358 g/mol. The molecule has 0 fully saturated rings. The molecule has 2 rings (SSSR count). The van der Waals surface area contributed by atoms with Crippen LogP contribution in [0.5, 0.6) is 0 Å². The molecule has 1 aromatic carbocycles. The van der Waals surface area contributed by atoms with Gasteiger partial charge in [-0.25, -0.2) is 4.79 Å². The van der Waals surface area contributed by atoms with Crippen molar-refractivity contribution in [3.05, 3.63) is 50.1 Å². The van der Waals surface area contributed by atoms with Crippen LogP contribution in [0.4, 0.5) is 10.5 Å². The van der Waals surface area contributed by atoms with Crippen LogP contribution in [0, 0.1) is 0 Å². The highest BCUT2D eigenvalue weighted by molar-refractivity contribution is 9.10. The minimum atomic E-state index is -0.249. The van der Waals surface area contributed by atoms with E-state index in [0.29, 0.717) is 17.3 Å². The fraction of sp³-hybridized carbons (Fsp3) is 0.154. The molecule has 2 amide bonds. The number of anilines is 1. The Morgan fingerprint density at radius 3 is 2.89 bits per heavy atom. The fourth-order valence-corrected chi connectivity index (χ4v) is 2.94. The van der Waals surface area contributed by atoms with Crippen molar-refractivity contribution in [2.45, 2.75) is 6.42 Å². The van der Waals surface area contributed by atoms with E-state index in [9.17, 15) is 4.79 Å². The van der Waals surface area contributed by atoms with Crippen molar-refractivity contribution < 1.29 is 4.79 Å². The van der Waals surface area contributed by atoms with Gasteiger partial charge in [0.2, 0.25) is 0 Å². The van der Waals surface area contributed by atoms with Crippen LogP contribution < -0.4 is 10.6 Å². The number of halogens is 2. The molecule has 0 unspecified atom stereocenters. The maximum Gasteiger partial charge on any atom is 0.319 e. The van der Waals surface area contributed by atoms with Gasteiger partial charge in [-0.3, -0.25) is 0 Å². The van der Waals surface area contributed by atoms with E-state index < -0.39 is 0 Å². The summed E-state index contributed by atoms with van der Waals surface area (Å²) >= 11 is 11.0. The average Bonchev–Trinajstić information content (AvgIpc) is 2.86. The first-order valence-electron chi connectivity index (χ1n) is 5.67. The lowest BCUT2D eigenvalue weighted by molar-refractivity contribution is 0.252. The summed E-state index contributed by atoms with van der Waals surface area (Å²) in [5.41, 5.74) is 0.596. The Labute approximate surface area is 129 Å². The minimum absolute atomic E-state index is 0.249. The zero-order chi connectivity index (χ0) is 13.7. The quantitative estimate of drug-likeness (QED) is 0.827. The summed E-state index contributed by atoms with van der Waals surface area (Å²) < 4.78 is 0.876. The number of urea groups is 1. The van der Waals surface area contributed by atoms with E-state index in [2.05, 4.69) is 32.6 Å². The van der Waals surface area contributed by atoms with Gasteiger partial charge in [0.05, 0.1) is 10.7 Å². The molecule has 19 heavy (non-hydrogen) atoms. The molecule has 0 saturated heterocycles. The van der Waals surface area contributed by atoms with E-state index in [1.807, 2.05) is 17.5 Å². The molecule has 0 radical (unpaired) electrons. The number of amides is 2. The van der Waals surface area contributed by atoms with Gasteiger partial charge in [-0.1, -0.05) is 33.6 Å². The van der Waals surface area contributed by atoms with Gasteiger partial charge in [-0.05, 0) is 36.1 Å². The molecule has 2 N–H and O–H groups in total. The predicted octanol–water partition coefficient (Wildman–Crippen LogP) is 4.53. The lowest BCUT2D eigenvalue weighted by Gasteiger charge is -2.08. The zero-order valence-electron chi connectivity index (χ0n) is 9.95. The third-order valence-electron chi connectivity index (χ3n) is 2.42. The van der Waals surface area contributed by atoms with E-state index in [1.165, 1.54) is 4.88 Å². The molecule has 1 heterocycles. The van der Waals surface area contributed by atoms with Crippen molar-refractivity contribution >= 4 is 50.6 Å². The van der Waals surface area contributed by atoms with Crippen molar-refractivity contribution in [3.8, 4) is 0 Å². The van der Waals surface area contributed by atoms with E-state index in [1.54, 1.807) is 23.5 Å². The fourth-order valence-electron chi connectivity index (χ4n) is 1.51. The third-order valence-corrected chi connectivity index (χ3v) is 4.16. The molecule has 0 aliphatic rings. The number of carbonyl (C=O) groups is 1. The first-order valence-corrected chi connectivity index (χ1v) is 7.72. The summed E-state index contributed by atoms with van der Waals surface area (Å²) in [6.45, 7) is 0.598. The Morgan fingerprint density at radius 1 is 1.37 bits per heavy atom. The third kappa shape index (κ3) is 4.53. The summed E-state index contributed by atoms with van der Waals surface area (Å²) in [4.78, 5) is 12.9. The summed E-state index contributed by atoms with van der Waals surface area (Å²) in [6, 6.07) is 9.12. The van der Waals surface area contributed by atoms with Gasteiger partial charge in [0.15, 0.2) is 0 Å². The second kappa shape index (κ2) is 6.93. The number of carbonyl (C=O) groups excluding carboxylic acids is 1. The second-order valence-electron chi connectivity index (χ2n) is 3.83. The predicted molar refractivity (Wildman–Crippen MR) is 84.2 cm³/mol.